The second kappa shape index (κ2) is 11.2. The highest BCUT2D eigenvalue weighted by molar-refractivity contribution is 5.85. The summed E-state index contributed by atoms with van der Waals surface area (Å²) in [6.07, 6.45) is 1.53. The van der Waals surface area contributed by atoms with E-state index in [9.17, 15) is 9.59 Å². The van der Waals surface area contributed by atoms with Crippen molar-refractivity contribution < 1.29 is 19.1 Å². The monoisotopic (exact) mass is 474 g/mol. The lowest BCUT2D eigenvalue weighted by Crippen LogP contribution is -2.51. The highest BCUT2D eigenvalue weighted by Gasteiger charge is 2.32. The number of nitrogens with zero attached hydrogens (tertiary/aromatic N) is 3. The molecular formula is C21H32Cl2N4O4. The van der Waals surface area contributed by atoms with Gasteiger partial charge in [0.25, 0.3) is 0 Å². The number of ether oxygens (including phenoxy) is 2. The number of likely N-dealkylation sites (tertiary alicyclic amines) is 1. The van der Waals surface area contributed by atoms with E-state index in [1.54, 1.807) is 11.8 Å². The van der Waals surface area contributed by atoms with Gasteiger partial charge < -0.3 is 25.0 Å². The van der Waals surface area contributed by atoms with E-state index in [-0.39, 0.29) is 55.4 Å². The maximum Gasteiger partial charge on any atom is 0.231 e. The van der Waals surface area contributed by atoms with Crippen LogP contribution in [0.5, 0.6) is 11.5 Å². The number of rotatable bonds is 3. The molecule has 0 radical (unpaired) electrons. The summed E-state index contributed by atoms with van der Waals surface area (Å²) < 4.78 is 10.8. The second-order valence-corrected chi connectivity index (χ2v) is 8.25. The first-order valence-electron chi connectivity index (χ1n) is 10.4. The predicted octanol–water partition coefficient (Wildman–Crippen LogP) is 1.49. The van der Waals surface area contributed by atoms with E-state index < -0.39 is 0 Å². The number of hydrogen-bond acceptors (Lipinski definition) is 6. The number of amides is 2. The topological polar surface area (TPSA) is 88.3 Å². The van der Waals surface area contributed by atoms with Crippen molar-refractivity contribution in [1.82, 2.24) is 14.7 Å². The van der Waals surface area contributed by atoms with E-state index in [1.165, 1.54) is 5.56 Å². The van der Waals surface area contributed by atoms with Crippen molar-refractivity contribution in [3.8, 4) is 11.5 Å². The Bertz CT molecular complexity index is 774. The van der Waals surface area contributed by atoms with Crippen LogP contribution in [0, 0.1) is 5.92 Å². The number of benzene rings is 1. The van der Waals surface area contributed by atoms with Crippen molar-refractivity contribution in [3.05, 3.63) is 23.8 Å². The summed E-state index contributed by atoms with van der Waals surface area (Å²) in [6, 6.07) is 6.01. The van der Waals surface area contributed by atoms with E-state index >= 15 is 0 Å². The average molecular weight is 475 g/mol. The van der Waals surface area contributed by atoms with Gasteiger partial charge in [-0.1, -0.05) is 6.07 Å². The summed E-state index contributed by atoms with van der Waals surface area (Å²) in [5, 5.41) is 0. The zero-order chi connectivity index (χ0) is 20.4. The van der Waals surface area contributed by atoms with Crippen LogP contribution in [-0.4, -0.2) is 78.6 Å². The molecule has 2 fully saturated rings. The summed E-state index contributed by atoms with van der Waals surface area (Å²) in [6.45, 7) is 6.79. The minimum absolute atomic E-state index is 0. The van der Waals surface area contributed by atoms with E-state index in [0.717, 1.165) is 44.0 Å². The van der Waals surface area contributed by atoms with Crippen LogP contribution < -0.4 is 15.2 Å². The first-order chi connectivity index (χ1) is 14.0. The molecule has 8 nitrogen and oxygen atoms in total. The zero-order valence-electron chi connectivity index (χ0n) is 17.8. The Kier molecular flexibility index (Phi) is 9.24. The van der Waals surface area contributed by atoms with Gasteiger partial charge in [-0.2, -0.15) is 0 Å². The molecule has 2 saturated heterocycles. The van der Waals surface area contributed by atoms with Gasteiger partial charge >= 0.3 is 0 Å². The minimum Gasteiger partial charge on any atom is -0.454 e. The third kappa shape index (κ3) is 6.16. The van der Waals surface area contributed by atoms with Crippen molar-refractivity contribution in [1.29, 1.82) is 0 Å². The minimum atomic E-state index is -0.146. The maximum absolute atomic E-state index is 13.1. The number of hydrogen-bond donors (Lipinski definition) is 1. The first kappa shape index (κ1) is 25.5. The van der Waals surface area contributed by atoms with Crippen molar-refractivity contribution in [3.63, 3.8) is 0 Å². The molecule has 31 heavy (non-hydrogen) atoms. The smallest absolute Gasteiger partial charge is 0.231 e. The Morgan fingerprint density at radius 3 is 2.42 bits per heavy atom. The van der Waals surface area contributed by atoms with Crippen molar-refractivity contribution in [2.24, 2.45) is 11.7 Å². The maximum atomic E-state index is 13.1. The number of halogens is 2. The molecule has 0 saturated carbocycles. The molecule has 3 aliphatic heterocycles. The highest BCUT2D eigenvalue weighted by atomic mass is 35.5. The normalized spacial score (nSPS) is 23.4. The number of fused-ring (bicyclic) bond motifs is 1. The Morgan fingerprint density at radius 1 is 1.00 bits per heavy atom. The molecule has 0 aromatic heterocycles. The predicted molar refractivity (Wildman–Crippen MR) is 122 cm³/mol. The van der Waals surface area contributed by atoms with E-state index in [2.05, 4.69) is 11.0 Å². The zero-order valence-corrected chi connectivity index (χ0v) is 19.5. The van der Waals surface area contributed by atoms with Gasteiger partial charge in [0.1, 0.15) is 0 Å². The van der Waals surface area contributed by atoms with Gasteiger partial charge in [0, 0.05) is 58.8 Å². The molecule has 3 aliphatic rings. The Balaban J connectivity index is 0.00000171. The van der Waals surface area contributed by atoms with E-state index in [1.807, 2.05) is 17.0 Å². The Morgan fingerprint density at radius 2 is 1.71 bits per heavy atom. The van der Waals surface area contributed by atoms with Crippen LogP contribution in [0.1, 0.15) is 25.3 Å². The highest BCUT2D eigenvalue weighted by Crippen LogP contribution is 2.33. The molecule has 174 valence electrons. The summed E-state index contributed by atoms with van der Waals surface area (Å²) in [7, 11) is 0. The fourth-order valence-corrected chi connectivity index (χ4v) is 4.36. The van der Waals surface area contributed by atoms with Crippen molar-refractivity contribution in [2.75, 3.05) is 46.1 Å². The third-order valence-corrected chi connectivity index (χ3v) is 6.10. The molecule has 1 aromatic carbocycles. The van der Waals surface area contributed by atoms with Crippen LogP contribution in [-0.2, 0) is 16.1 Å². The number of carbonyl (C=O) groups excluding carboxylic acids is 2. The van der Waals surface area contributed by atoms with E-state index in [4.69, 9.17) is 15.2 Å². The van der Waals surface area contributed by atoms with Gasteiger partial charge in [0.15, 0.2) is 11.5 Å². The summed E-state index contributed by atoms with van der Waals surface area (Å²) in [4.78, 5) is 31.0. The molecule has 0 aliphatic carbocycles. The quantitative estimate of drug-likeness (QED) is 0.713. The molecular weight excluding hydrogens is 443 g/mol. The summed E-state index contributed by atoms with van der Waals surface area (Å²) in [5.74, 6) is 1.61. The molecule has 0 spiro atoms. The lowest BCUT2D eigenvalue weighted by atomic mass is 10.00. The molecule has 2 amide bonds. The van der Waals surface area contributed by atoms with Crippen LogP contribution in [0.25, 0.3) is 0 Å². The molecule has 2 N–H and O–H groups in total. The molecule has 0 unspecified atom stereocenters. The molecule has 0 bridgehead atoms. The lowest BCUT2D eigenvalue weighted by Gasteiger charge is -2.37. The van der Waals surface area contributed by atoms with Gasteiger partial charge in [-0.15, -0.1) is 24.8 Å². The van der Waals surface area contributed by atoms with Gasteiger partial charge in [-0.25, -0.2) is 0 Å². The fourth-order valence-electron chi connectivity index (χ4n) is 4.36. The summed E-state index contributed by atoms with van der Waals surface area (Å²) >= 11 is 0. The molecule has 1 aromatic rings. The number of nitrogens with two attached hydrogens (primary N) is 1. The Labute approximate surface area is 195 Å². The van der Waals surface area contributed by atoms with E-state index in [0.29, 0.717) is 26.2 Å². The lowest BCUT2D eigenvalue weighted by molar-refractivity contribution is -0.139. The van der Waals surface area contributed by atoms with Crippen LogP contribution in [0.15, 0.2) is 18.2 Å². The van der Waals surface area contributed by atoms with Gasteiger partial charge in [-0.05, 0) is 30.5 Å². The molecule has 4 rings (SSSR count). The summed E-state index contributed by atoms with van der Waals surface area (Å²) in [5.41, 5.74) is 7.27. The third-order valence-electron chi connectivity index (χ3n) is 6.10. The molecule has 10 heteroatoms. The number of carbonyl (C=O) groups is 2. The van der Waals surface area contributed by atoms with Crippen molar-refractivity contribution in [2.45, 2.75) is 32.4 Å². The molecule has 2 atom stereocenters. The van der Waals surface area contributed by atoms with Gasteiger partial charge in [0.05, 0.1) is 5.92 Å². The SMILES string of the molecule is CC(=O)N1C[C@@H](N)CC[C@@H](C(=O)N2CCN(Cc3ccc4c(c3)OCO4)CC2)C1.Cl.Cl. The fraction of sp³-hybridized carbons (Fsp3) is 0.619. The largest absolute Gasteiger partial charge is 0.454 e. The second-order valence-electron chi connectivity index (χ2n) is 8.25. The van der Waals surface area contributed by atoms with Crippen LogP contribution in [0.2, 0.25) is 0 Å². The van der Waals surface area contributed by atoms with Crippen molar-refractivity contribution >= 4 is 36.6 Å². The average Bonchev–Trinajstić information content (AvgIpc) is 3.08. The standard InChI is InChI=1S/C21H30N4O4.2ClH/c1-15(26)25-12-17(3-4-18(22)13-25)21(27)24-8-6-23(7-9-24)11-16-2-5-19-20(10-16)29-14-28-19;;/h2,5,10,17-18H,3-4,6-9,11-14,22H2,1H3;2*1H/t17-,18+;;/m1../s1. The first-order valence-corrected chi connectivity index (χ1v) is 10.4. The van der Waals surface area contributed by atoms with Crippen LogP contribution in [0.3, 0.4) is 0 Å². The molecule has 3 heterocycles. The number of piperazine rings is 1. The van der Waals surface area contributed by atoms with Crippen LogP contribution >= 0.6 is 24.8 Å². The van der Waals surface area contributed by atoms with Gasteiger partial charge in [0.2, 0.25) is 18.6 Å². The van der Waals surface area contributed by atoms with Gasteiger partial charge in [-0.3, -0.25) is 14.5 Å². The Hall–Kier alpha value is -1.74. The van der Waals surface area contributed by atoms with Crippen LogP contribution in [0.4, 0.5) is 0 Å².